The molecule has 1 aromatic heterocycles. The molecular weight excluding hydrogens is 394 g/mol. The van der Waals surface area contributed by atoms with Crippen molar-refractivity contribution in [3.8, 4) is 0 Å². The molecule has 0 spiro atoms. The van der Waals surface area contributed by atoms with Crippen molar-refractivity contribution >= 4 is 22.8 Å². The van der Waals surface area contributed by atoms with E-state index in [0.29, 0.717) is 57.2 Å². The standard InChI is InChI=1S/C24H27N3O4/c1-30-17-20-19-9-5-6-10-21(19)31-23(20)24(29)27-13-11-26(12-14-27)16-22(28)25-15-18-7-3-2-4-8-18/h2-10H,11-17H2,1H3,(H,25,28). The first-order valence-electron chi connectivity index (χ1n) is 10.5. The number of para-hydroxylation sites is 1. The summed E-state index contributed by atoms with van der Waals surface area (Å²) in [6.07, 6.45) is 0. The highest BCUT2D eigenvalue weighted by Crippen LogP contribution is 2.27. The van der Waals surface area contributed by atoms with Gasteiger partial charge in [0.05, 0.1) is 13.2 Å². The van der Waals surface area contributed by atoms with Crippen LogP contribution >= 0.6 is 0 Å². The van der Waals surface area contributed by atoms with E-state index in [1.165, 1.54) is 0 Å². The number of furan rings is 1. The van der Waals surface area contributed by atoms with Gasteiger partial charge in [-0.15, -0.1) is 0 Å². The summed E-state index contributed by atoms with van der Waals surface area (Å²) in [6.45, 7) is 3.55. The molecule has 1 aliphatic rings. The van der Waals surface area contributed by atoms with Gasteiger partial charge >= 0.3 is 0 Å². The molecule has 1 aliphatic heterocycles. The first-order chi connectivity index (χ1) is 15.2. The molecule has 0 unspecified atom stereocenters. The van der Waals surface area contributed by atoms with Crippen LogP contribution in [-0.4, -0.2) is 61.4 Å². The molecule has 4 rings (SSSR count). The highest BCUT2D eigenvalue weighted by atomic mass is 16.5. The molecule has 162 valence electrons. The third kappa shape index (κ3) is 4.95. The van der Waals surface area contributed by atoms with Crippen LogP contribution in [0, 0.1) is 0 Å². The molecule has 1 N–H and O–H groups in total. The average Bonchev–Trinajstić information content (AvgIpc) is 3.17. The third-order valence-corrected chi connectivity index (χ3v) is 5.54. The summed E-state index contributed by atoms with van der Waals surface area (Å²) in [5.41, 5.74) is 2.54. The number of fused-ring (bicyclic) bond motifs is 1. The number of hydrogen-bond acceptors (Lipinski definition) is 5. The van der Waals surface area contributed by atoms with Crippen molar-refractivity contribution in [1.82, 2.24) is 15.1 Å². The predicted molar refractivity (Wildman–Crippen MR) is 118 cm³/mol. The normalized spacial score (nSPS) is 14.7. The number of nitrogens with one attached hydrogen (secondary N) is 1. The maximum atomic E-state index is 13.1. The van der Waals surface area contributed by atoms with Crippen LogP contribution in [0.4, 0.5) is 0 Å². The van der Waals surface area contributed by atoms with Crippen LogP contribution in [0.2, 0.25) is 0 Å². The molecule has 1 saturated heterocycles. The molecule has 3 aromatic rings. The van der Waals surface area contributed by atoms with Gasteiger partial charge in [-0.3, -0.25) is 14.5 Å². The van der Waals surface area contributed by atoms with Crippen LogP contribution in [-0.2, 0) is 22.7 Å². The summed E-state index contributed by atoms with van der Waals surface area (Å²) < 4.78 is 11.2. The zero-order chi connectivity index (χ0) is 21.6. The lowest BCUT2D eigenvalue weighted by molar-refractivity contribution is -0.122. The van der Waals surface area contributed by atoms with Crippen molar-refractivity contribution in [2.24, 2.45) is 0 Å². The molecule has 31 heavy (non-hydrogen) atoms. The monoisotopic (exact) mass is 421 g/mol. The highest BCUT2D eigenvalue weighted by Gasteiger charge is 2.28. The number of methoxy groups -OCH3 is 1. The first-order valence-corrected chi connectivity index (χ1v) is 10.5. The lowest BCUT2D eigenvalue weighted by Crippen LogP contribution is -2.51. The van der Waals surface area contributed by atoms with Crippen LogP contribution in [0.1, 0.15) is 21.7 Å². The molecule has 1 fully saturated rings. The summed E-state index contributed by atoms with van der Waals surface area (Å²) in [6, 6.07) is 17.4. The number of benzene rings is 2. The topological polar surface area (TPSA) is 75.0 Å². The van der Waals surface area contributed by atoms with Gasteiger partial charge in [0.2, 0.25) is 5.91 Å². The second-order valence-electron chi connectivity index (χ2n) is 7.67. The lowest BCUT2D eigenvalue weighted by Gasteiger charge is -2.34. The maximum Gasteiger partial charge on any atom is 0.290 e. The van der Waals surface area contributed by atoms with Crippen LogP contribution in [0.25, 0.3) is 11.0 Å². The lowest BCUT2D eigenvalue weighted by atomic mass is 10.1. The average molecular weight is 421 g/mol. The van der Waals surface area contributed by atoms with Gasteiger partial charge in [-0.2, -0.15) is 0 Å². The van der Waals surface area contributed by atoms with Crippen molar-refractivity contribution in [2.75, 3.05) is 39.8 Å². The van der Waals surface area contributed by atoms with Crippen molar-refractivity contribution < 1.29 is 18.7 Å². The number of nitrogens with zero attached hydrogens (tertiary/aromatic N) is 2. The number of carbonyl (C=O) groups excluding carboxylic acids is 2. The quantitative estimate of drug-likeness (QED) is 0.635. The van der Waals surface area contributed by atoms with Crippen LogP contribution < -0.4 is 5.32 Å². The molecule has 2 heterocycles. The maximum absolute atomic E-state index is 13.1. The molecule has 0 aliphatic carbocycles. The number of hydrogen-bond donors (Lipinski definition) is 1. The minimum atomic E-state index is -0.128. The summed E-state index contributed by atoms with van der Waals surface area (Å²) in [7, 11) is 1.61. The van der Waals surface area contributed by atoms with Gasteiger partial charge in [-0.05, 0) is 11.6 Å². The molecule has 7 nitrogen and oxygen atoms in total. The fourth-order valence-corrected chi connectivity index (χ4v) is 3.87. The largest absolute Gasteiger partial charge is 0.451 e. The van der Waals surface area contributed by atoms with E-state index < -0.39 is 0 Å². The fraction of sp³-hybridized carbons (Fsp3) is 0.333. The zero-order valence-corrected chi connectivity index (χ0v) is 17.7. The second-order valence-corrected chi connectivity index (χ2v) is 7.67. The SMILES string of the molecule is COCc1c(C(=O)N2CCN(CC(=O)NCc3ccccc3)CC2)oc2ccccc12. The Morgan fingerprint density at radius 2 is 1.71 bits per heavy atom. The Kier molecular flexibility index (Phi) is 6.64. The first kappa shape index (κ1) is 21.1. The van der Waals surface area contributed by atoms with Crippen LogP contribution in [0.5, 0.6) is 0 Å². The summed E-state index contributed by atoms with van der Waals surface area (Å²) >= 11 is 0. The molecule has 0 saturated carbocycles. The Labute approximate surface area is 181 Å². The van der Waals surface area contributed by atoms with Crippen molar-refractivity contribution in [2.45, 2.75) is 13.2 Å². The van der Waals surface area contributed by atoms with E-state index in [0.717, 1.165) is 16.5 Å². The van der Waals surface area contributed by atoms with Gasteiger partial charge in [0.15, 0.2) is 5.76 Å². The summed E-state index contributed by atoms with van der Waals surface area (Å²) in [4.78, 5) is 29.3. The second kappa shape index (κ2) is 9.76. The van der Waals surface area contributed by atoms with E-state index in [9.17, 15) is 9.59 Å². The molecule has 0 atom stereocenters. The van der Waals surface area contributed by atoms with Crippen LogP contribution in [0.15, 0.2) is 59.0 Å². The minimum Gasteiger partial charge on any atom is -0.451 e. The van der Waals surface area contributed by atoms with E-state index in [4.69, 9.17) is 9.15 Å². The molecule has 0 bridgehead atoms. The Hall–Kier alpha value is -3.16. The number of carbonyl (C=O) groups is 2. The summed E-state index contributed by atoms with van der Waals surface area (Å²) in [5, 5.41) is 3.86. The van der Waals surface area contributed by atoms with Crippen molar-refractivity contribution in [3.05, 3.63) is 71.5 Å². The predicted octanol–water partition coefficient (Wildman–Crippen LogP) is 2.65. The van der Waals surface area contributed by atoms with E-state index >= 15 is 0 Å². The zero-order valence-electron chi connectivity index (χ0n) is 17.7. The van der Waals surface area contributed by atoms with Crippen LogP contribution in [0.3, 0.4) is 0 Å². The molecule has 2 aromatic carbocycles. The van der Waals surface area contributed by atoms with Gasteiger partial charge in [-0.1, -0.05) is 48.5 Å². The number of rotatable bonds is 7. The van der Waals surface area contributed by atoms with Gasteiger partial charge in [0.25, 0.3) is 5.91 Å². The van der Waals surface area contributed by atoms with E-state index in [-0.39, 0.29) is 11.8 Å². The van der Waals surface area contributed by atoms with Gasteiger partial charge < -0.3 is 19.4 Å². The Morgan fingerprint density at radius 3 is 2.45 bits per heavy atom. The van der Waals surface area contributed by atoms with E-state index in [1.807, 2.05) is 54.6 Å². The van der Waals surface area contributed by atoms with Gasteiger partial charge in [-0.25, -0.2) is 0 Å². The Bertz CT molecular complexity index is 1040. The van der Waals surface area contributed by atoms with Gasteiger partial charge in [0.1, 0.15) is 5.58 Å². The summed E-state index contributed by atoms with van der Waals surface area (Å²) in [5.74, 6) is 0.205. The van der Waals surface area contributed by atoms with Crippen molar-refractivity contribution in [3.63, 3.8) is 0 Å². The van der Waals surface area contributed by atoms with Gasteiger partial charge in [0, 0.05) is 50.8 Å². The van der Waals surface area contributed by atoms with E-state index in [1.54, 1.807) is 12.0 Å². The minimum absolute atomic E-state index is 0.0108. The Balaban J connectivity index is 1.32. The number of ether oxygens (including phenoxy) is 1. The molecule has 2 amide bonds. The number of amides is 2. The molecular formula is C24H27N3O4. The Morgan fingerprint density at radius 1 is 1.00 bits per heavy atom. The highest BCUT2D eigenvalue weighted by molar-refractivity contribution is 5.99. The van der Waals surface area contributed by atoms with E-state index in [2.05, 4.69) is 10.2 Å². The fourth-order valence-electron chi connectivity index (χ4n) is 3.87. The third-order valence-electron chi connectivity index (χ3n) is 5.54. The molecule has 7 heteroatoms. The number of piperazine rings is 1. The molecule has 0 radical (unpaired) electrons. The smallest absolute Gasteiger partial charge is 0.290 e. The van der Waals surface area contributed by atoms with Crippen molar-refractivity contribution in [1.29, 1.82) is 0 Å².